The maximum Gasteiger partial charge on any atom is 0.308 e. The molecule has 8 heteroatoms. The molecule has 3 heterocycles. The van der Waals surface area contributed by atoms with Gasteiger partial charge in [0.15, 0.2) is 0 Å². The second kappa shape index (κ2) is 12.3. The predicted octanol–water partition coefficient (Wildman–Crippen LogP) is 3.71. The molecule has 1 N–H and O–H groups in total. The van der Waals surface area contributed by atoms with Gasteiger partial charge in [-0.3, -0.25) is 14.4 Å². The van der Waals surface area contributed by atoms with Crippen molar-refractivity contribution in [2.24, 2.45) is 0 Å². The van der Waals surface area contributed by atoms with E-state index in [-0.39, 0.29) is 31.4 Å². The summed E-state index contributed by atoms with van der Waals surface area (Å²) in [6.45, 7) is 2.67. The lowest BCUT2D eigenvalue weighted by Gasteiger charge is -2.51. The van der Waals surface area contributed by atoms with Crippen LogP contribution < -0.4 is 5.32 Å². The molecule has 0 saturated carbocycles. The summed E-state index contributed by atoms with van der Waals surface area (Å²) in [5, 5.41) is 2.86. The first-order valence-corrected chi connectivity index (χ1v) is 13.6. The molecular formula is C31H35N3O5. The first-order valence-electron chi connectivity index (χ1n) is 13.6. The van der Waals surface area contributed by atoms with E-state index in [2.05, 4.69) is 34.5 Å². The Labute approximate surface area is 228 Å². The molecule has 2 aromatic carbocycles. The van der Waals surface area contributed by atoms with E-state index >= 15 is 0 Å². The van der Waals surface area contributed by atoms with Gasteiger partial charge in [-0.15, -0.1) is 0 Å². The van der Waals surface area contributed by atoms with E-state index in [1.165, 1.54) is 5.56 Å². The lowest BCUT2D eigenvalue weighted by Crippen LogP contribution is -2.72. The van der Waals surface area contributed by atoms with Crippen LogP contribution >= 0.6 is 0 Å². The van der Waals surface area contributed by atoms with Crippen LogP contribution in [0.25, 0.3) is 0 Å². The van der Waals surface area contributed by atoms with Crippen LogP contribution in [0.4, 0.5) is 0 Å². The Morgan fingerprint density at radius 1 is 0.949 bits per heavy atom. The number of esters is 1. The van der Waals surface area contributed by atoms with Crippen molar-refractivity contribution in [3.8, 4) is 0 Å². The van der Waals surface area contributed by atoms with Gasteiger partial charge in [-0.05, 0) is 55.5 Å². The zero-order chi connectivity index (χ0) is 27.1. The Morgan fingerprint density at radius 3 is 2.31 bits per heavy atom. The summed E-state index contributed by atoms with van der Waals surface area (Å²) in [6.07, 6.45) is 4.45. The molecule has 2 saturated heterocycles. The topological polar surface area (TPSA) is 92.1 Å². The summed E-state index contributed by atoms with van der Waals surface area (Å²) >= 11 is 0. The monoisotopic (exact) mass is 529 g/mol. The number of piperidine rings is 1. The molecule has 2 fully saturated rings. The van der Waals surface area contributed by atoms with Crippen molar-refractivity contribution >= 4 is 17.8 Å². The Kier molecular flexibility index (Phi) is 8.42. The number of carbonyl (C=O) groups excluding carboxylic acids is 3. The smallest absolute Gasteiger partial charge is 0.308 e. The van der Waals surface area contributed by atoms with Crippen molar-refractivity contribution in [1.29, 1.82) is 0 Å². The van der Waals surface area contributed by atoms with Crippen LogP contribution in [0.1, 0.15) is 42.6 Å². The summed E-state index contributed by atoms with van der Waals surface area (Å²) in [4.78, 5) is 44.0. The average molecular weight is 530 g/mol. The lowest BCUT2D eigenvalue weighted by atomic mass is 9.81. The summed E-state index contributed by atoms with van der Waals surface area (Å²) in [5.41, 5.74) is 1.21. The number of amides is 2. The third kappa shape index (κ3) is 6.40. The molecule has 1 unspecified atom stereocenters. The summed E-state index contributed by atoms with van der Waals surface area (Å²) in [7, 11) is 0. The third-order valence-corrected chi connectivity index (χ3v) is 7.78. The summed E-state index contributed by atoms with van der Waals surface area (Å²) in [5.74, 6) is -0.411. The number of rotatable bonds is 10. The van der Waals surface area contributed by atoms with Crippen molar-refractivity contribution in [2.75, 3.05) is 19.6 Å². The van der Waals surface area contributed by atoms with Gasteiger partial charge in [0.1, 0.15) is 23.9 Å². The van der Waals surface area contributed by atoms with Crippen molar-refractivity contribution in [3.05, 3.63) is 95.9 Å². The Bertz CT molecular complexity index is 1240. The molecule has 1 spiro atoms. The molecule has 5 rings (SSSR count). The minimum atomic E-state index is -0.968. The highest BCUT2D eigenvalue weighted by atomic mass is 16.5. The molecule has 1 aromatic heterocycles. The van der Waals surface area contributed by atoms with Gasteiger partial charge in [0.25, 0.3) is 0 Å². The minimum absolute atomic E-state index is 0.120. The van der Waals surface area contributed by atoms with E-state index < -0.39 is 17.6 Å². The molecule has 3 aromatic rings. The lowest BCUT2D eigenvalue weighted by molar-refractivity contribution is -0.165. The Hall–Kier alpha value is -3.91. The van der Waals surface area contributed by atoms with Crippen molar-refractivity contribution in [3.63, 3.8) is 0 Å². The molecule has 2 amide bonds. The largest absolute Gasteiger partial charge is 0.467 e. The zero-order valence-corrected chi connectivity index (χ0v) is 22.1. The maximum absolute atomic E-state index is 13.7. The number of hydrogen-bond donors (Lipinski definition) is 1. The van der Waals surface area contributed by atoms with Gasteiger partial charge in [-0.1, -0.05) is 60.7 Å². The van der Waals surface area contributed by atoms with Gasteiger partial charge < -0.3 is 24.3 Å². The average Bonchev–Trinajstić information content (AvgIpc) is 3.48. The fourth-order valence-electron chi connectivity index (χ4n) is 5.56. The highest BCUT2D eigenvalue weighted by molar-refractivity contribution is 6.01. The van der Waals surface area contributed by atoms with E-state index in [0.717, 1.165) is 24.9 Å². The van der Waals surface area contributed by atoms with Gasteiger partial charge in [0, 0.05) is 13.1 Å². The van der Waals surface area contributed by atoms with E-state index in [0.29, 0.717) is 31.7 Å². The number of carbonyl (C=O) groups is 3. The van der Waals surface area contributed by atoms with Gasteiger partial charge in [0.05, 0.1) is 19.2 Å². The molecular weight excluding hydrogens is 494 g/mol. The van der Waals surface area contributed by atoms with Crippen molar-refractivity contribution in [1.82, 2.24) is 15.1 Å². The number of benzene rings is 2. The second-order valence-corrected chi connectivity index (χ2v) is 10.3. The highest BCUT2D eigenvalue weighted by Crippen LogP contribution is 2.35. The SMILES string of the molecule is O=C(CC1NC(=O)C2(CCN(CCCc3ccccc3)CC2)N(Cc2ccco2)C1=O)OCc1ccccc1. The second-order valence-electron chi connectivity index (χ2n) is 10.3. The minimum Gasteiger partial charge on any atom is -0.467 e. The molecule has 0 radical (unpaired) electrons. The van der Waals surface area contributed by atoms with Gasteiger partial charge >= 0.3 is 5.97 Å². The maximum atomic E-state index is 13.7. The molecule has 0 aliphatic carbocycles. The first kappa shape index (κ1) is 26.7. The van der Waals surface area contributed by atoms with E-state index in [9.17, 15) is 14.4 Å². The standard InChI is InChI=1S/C31H35N3O5/c35-28(39-23-25-11-5-2-6-12-25)21-27-29(36)34(22-26-14-8-20-38-26)31(30(37)32-27)15-18-33(19-16-31)17-7-13-24-9-3-1-4-10-24/h1-6,8-12,14,20,27H,7,13,15-19,21-23H2,(H,32,37). The fourth-order valence-corrected chi connectivity index (χ4v) is 5.56. The fraction of sp³-hybridized carbons (Fsp3) is 0.387. The molecule has 0 bridgehead atoms. The normalized spacial score (nSPS) is 19.2. The van der Waals surface area contributed by atoms with E-state index in [1.807, 2.05) is 36.4 Å². The number of likely N-dealkylation sites (tertiary alicyclic amines) is 1. The molecule has 2 aliphatic rings. The van der Waals surface area contributed by atoms with Crippen LogP contribution in [0.2, 0.25) is 0 Å². The van der Waals surface area contributed by atoms with Crippen molar-refractivity contribution in [2.45, 2.75) is 56.8 Å². The van der Waals surface area contributed by atoms with E-state index in [4.69, 9.17) is 9.15 Å². The quantitative estimate of drug-likeness (QED) is 0.403. The van der Waals surface area contributed by atoms with Crippen LogP contribution in [0, 0.1) is 0 Å². The van der Waals surface area contributed by atoms with Gasteiger partial charge in [-0.25, -0.2) is 0 Å². The molecule has 1 atom stereocenters. The number of aryl methyl sites for hydroxylation is 1. The van der Waals surface area contributed by atoms with Crippen LogP contribution in [0.15, 0.2) is 83.5 Å². The summed E-state index contributed by atoms with van der Waals surface area (Å²) < 4.78 is 10.9. The number of piperazine rings is 1. The molecule has 204 valence electrons. The third-order valence-electron chi connectivity index (χ3n) is 7.78. The van der Waals surface area contributed by atoms with Crippen LogP contribution in [0.5, 0.6) is 0 Å². The zero-order valence-electron chi connectivity index (χ0n) is 22.1. The predicted molar refractivity (Wildman–Crippen MR) is 145 cm³/mol. The van der Waals surface area contributed by atoms with Crippen LogP contribution in [-0.4, -0.2) is 58.8 Å². The van der Waals surface area contributed by atoms with E-state index in [1.54, 1.807) is 23.3 Å². The van der Waals surface area contributed by atoms with Gasteiger partial charge in [-0.2, -0.15) is 0 Å². The summed E-state index contributed by atoms with van der Waals surface area (Å²) in [6, 6.07) is 22.4. The number of nitrogens with one attached hydrogen (secondary N) is 1. The first-order chi connectivity index (χ1) is 19.0. The van der Waals surface area contributed by atoms with Crippen LogP contribution in [0.3, 0.4) is 0 Å². The highest BCUT2D eigenvalue weighted by Gasteiger charge is 2.54. The molecule has 2 aliphatic heterocycles. The van der Waals surface area contributed by atoms with Crippen molar-refractivity contribution < 1.29 is 23.5 Å². The molecule has 39 heavy (non-hydrogen) atoms. The number of hydrogen-bond acceptors (Lipinski definition) is 6. The number of nitrogens with zero attached hydrogens (tertiary/aromatic N) is 2. The Morgan fingerprint density at radius 2 is 1.64 bits per heavy atom. The number of furan rings is 1. The van der Waals surface area contributed by atoms with Crippen LogP contribution in [-0.2, 0) is 38.7 Å². The molecule has 8 nitrogen and oxygen atoms in total. The van der Waals surface area contributed by atoms with Gasteiger partial charge in [0.2, 0.25) is 11.8 Å². The number of ether oxygens (including phenoxy) is 1. The Balaban J connectivity index is 1.22.